The van der Waals surface area contributed by atoms with Gasteiger partial charge in [0.2, 0.25) is 0 Å². The van der Waals surface area contributed by atoms with Gasteiger partial charge in [0.25, 0.3) is 0 Å². The number of carbonyl (C=O) groups excluding carboxylic acids is 1. The van der Waals surface area contributed by atoms with E-state index in [9.17, 15) is 14.7 Å². The van der Waals surface area contributed by atoms with Crippen molar-refractivity contribution in [1.82, 2.24) is 4.98 Å². The average Bonchev–Trinajstić information content (AvgIpc) is 3.62. The molecule has 3 aliphatic carbocycles. The largest absolute Gasteiger partial charge is 0.493 e. The molecular weight excluding hydrogens is 632 g/mol. The fourth-order valence-electron chi connectivity index (χ4n) is 8.84. The maximum absolute atomic E-state index is 13.5. The number of carboxylic acid groups (broad SMARTS) is 1. The monoisotopic (exact) mass is 674 g/mol. The Labute approximate surface area is 286 Å². The van der Waals surface area contributed by atoms with Crippen molar-refractivity contribution < 1.29 is 33.6 Å². The first-order valence-corrected chi connectivity index (χ1v) is 17.4. The molecule has 0 amide bonds. The molecule has 0 saturated heterocycles. The molecule has 9 nitrogen and oxygen atoms in total. The van der Waals surface area contributed by atoms with Crippen molar-refractivity contribution >= 4 is 29.2 Å². The number of carbonyl (C=O) groups is 2. The minimum atomic E-state index is -1.35. The Morgan fingerprint density at radius 3 is 2.62 bits per heavy atom. The third kappa shape index (κ3) is 5.84. The maximum atomic E-state index is 13.5. The van der Waals surface area contributed by atoms with Gasteiger partial charge in [-0.05, 0) is 128 Å². The van der Waals surface area contributed by atoms with Crippen molar-refractivity contribution in [2.45, 2.75) is 94.8 Å². The van der Waals surface area contributed by atoms with Crippen molar-refractivity contribution in [1.29, 1.82) is 0 Å². The summed E-state index contributed by atoms with van der Waals surface area (Å²) in [5, 5.41) is 13.6. The van der Waals surface area contributed by atoms with E-state index in [1.165, 1.54) is 12.7 Å². The van der Waals surface area contributed by atoms with E-state index in [1.54, 1.807) is 0 Å². The molecule has 4 atom stereocenters. The Morgan fingerprint density at radius 2 is 1.90 bits per heavy atom. The van der Waals surface area contributed by atoms with Crippen LogP contribution in [0.25, 0.3) is 0 Å². The number of nitrogens with one attached hydrogen (secondary N) is 1. The fourth-order valence-corrected chi connectivity index (χ4v) is 9.03. The van der Waals surface area contributed by atoms with Gasteiger partial charge in [-0.25, -0.2) is 9.59 Å². The summed E-state index contributed by atoms with van der Waals surface area (Å²) in [4.78, 5) is 29.8. The van der Waals surface area contributed by atoms with Crippen LogP contribution in [0.15, 0.2) is 48.7 Å². The molecule has 1 fully saturated rings. The van der Waals surface area contributed by atoms with Gasteiger partial charge in [0.15, 0.2) is 11.5 Å². The van der Waals surface area contributed by atoms with Crippen molar-refractivity contribution in [3.8, 4) is 17.2 Å². The van der Waals surface area contributed by atoms with Crippen LogP contribution in [0.5, 0.6) is 17.2 Å². The highest BCUT2D eigenvalue weighted by molar-refractivity contribution is 6.30. The number of anilines is 1. The van der Waals surface area contributed by atoms with E-state index in [0.29, 0.717) is 41.9 Å². The number of halogens is 1. The number of hydrogen-bond donors (Lipinski definition) is 2. The number of pyridine rings is 1. The van der Waals surface area contributed by atoms with Crippen LogP contribution in [0.1, 0.15) is 87.1 Å². The predicted octanol–water partition coefficient (Wildman–Crippen LogP) is 7.47. The molecule has 3 aromatic rings. The van der Waals surface area contributed by atoms with Crippen LogP contribution in [-0.2, 0) is 32.6 Å². The second-order valence-corrected chi connectivity index (χ2v) is 14.7. The average molecular weight is 675 g/mol. The Morgan fingerprint density at radius 1 is 1.12 bits per heavy atom. The molecule has 1 unspecified atom stereocenters. The van der Waals surface area contributed by atoms with E-state index < -0.39 is 17.8 Å². The van der Waals surface area contributed by atoms with Gasteiger partial charge in [-0.2, -0.15) is 0 Å². The van der Waals surface area contributed by atoms with Crippen LogP contribution in [-0.4, -0.2) is 47.6 Å². The lowest BCUT2D eigenvalue weighted by Gasteiger charge is -2.47. The van der Waals surface area contributed by atoms with Gasteiger partial charge >= 0.3 is 18.2 Å². The molecule has 1 spiro atoms. The van der Waals surface area contributed by atoms with Gasteiger partial charge in [0.1, 0.15) is 11.3 Å². The minimum absolute atomic E-state index is 0.249. The third-order valence-corrected chi connectivity index (χ3v) is 11.4. The second-order valence-electron chi connectivity index (χ2n) is 14.2. The Kier molecular flexibility index (Phi) is 8.69. The number of aromatic nitrogens is 1. The lowest BCUT2D eigenvalue weighted by atomic mass is 9.59. The molecule has 1 aliphatic heterocycles. The van der Waals surface area contributed by atoms with Crippen LogP contribution < -0.4 is 19.5 Å². The SMILES string of the molecule is COC(=O)C1(Nc2cccc(Cl)c2)CCC2(CC1)c1cc3c(cc1C[C@@H]2C[C@@H](C)COc1ccnc2c1[C@H](C)CCC2)OC(C(=O)O)O3. The highest BCUT2D eigenvalue weighted by Crippen LogP contribution is 2.58. The van der Waals surface area contributed by atoms with Crippen LogP contribution >= 0.6 is 11.6 Å². The summed E-state index contributed by atoms with van der Waals surface area (Å²) < 4.78 is 23.3. The Balaban J connectivity index is 1.16. The van der Waals surface area contributed by atoms with Gasteiger partial charge in [-0.3, -0.25) is 4.98 Å². The topological polar surface area (TPSA) is 116 Å². The Hall–Kier alpha value is -3.98. The summed E-state index contributed by atoms with van der Waals surface area (Å²) in [7, 11) is 1.43. The van der Waals surface area contributed by atoms with E-state index >= 15 is 0 Å². The summed E-state index contributed by atoms with van der Waals surface area (Å²) in [6, 6.07) is 13.4. The zero-order valence-electron chi connectivity index (χ0n) is 27.7. The first kappa shape index (κ1) is 32.6. The van der Waals surface area contributed by atoms with Gasteiger partial charge in [0, 0.05) is 28.2 Å². The summed E-state index contributed by atoms with van der Waals surface area (Å²) >= 11 is 6.30. The van der Waals surface area contributed by atoms with Crippen molar-refractivity contribution in [2.24, 2.45) is 11.8 Å². The summed E-state index contributed by atoms with van der Waals surface area (Å²) in [5.41, 5.74) is 4.34. The number of nitrogens with zero attached hydrogens (tertiary/aromatic N) is 1. The molecule has 4 aliphatic rings. The molecule has 254 valence electrons. The molecule has 1 aromatic heterocycles. The summed E-state index contributed by atoms with van der Waals surface area (Å²) in [6.45, 7) is 5.11. The molecular formula is C38H43ClN2O7. The zero-order chi connectivity index (χ0) is 33.6. The lowest BCUT2D eigenvalue weighted by molar-refractivity contribution is -0.154. The van der Waals surface area contributed by atoms with E-state index in [4.69, 9.17) is 30.5 Å². The number of ether oxygens (including phenoxy) is 4. The molecule has 7 rings (SSSR count). The van der Waals surface area contributed by atoms with Crippen molar-refractivity contribution in [3.63, 3.8) is 0 Å². The van der Waals surface area contributed by atoms with E-state index in [2.05, 4.69) is 24.1 Å². The normalized spacial score (nSPS) is 27.5. The smallest absolute Gasteiger partial charge is 0.387 e. The lowest BCUT2D eigenvalue weighted by Crippen LogP contribution is -2.53. The zero-order valence-corrected chi connectivity index (χ0v) is 28.5. The fraction of sp³-hybridized carbons (Fsp3) is 0.500. The number of carboxylic acids is 1. The molecule has 1 saturated carbocycles. The van der Waals surface area contributed by atoms with Gasteiger partial charge in [-0.1, -0.05) is 31.5 Å². The number of esters is 1. The molecule has 10 heteroatoms. The number of aryl methyl sites for hydroxylation is 1. The summed E-state index contributed by atoms with van der Waals surface area (Å²) in [5.74, 6) is 1.39. The molecule has 48 heavy (non-hydrogen) atoms. The Bertz CT molecular complexity index is 1720. The highest BCUT2D eigenvalue weighted by atomic mass is 35.5. The van der Waals surface area contributed by atoms with E-state index in [0.717, 1.165) is 73.2 Å². The highest BCUT2D eigenvalue weighted by Gasteiger charge is 2.55. The van der Waals surface area contributed by atoms with Crippen LogP contribution in [0, 0.1) is 11.8 Å². The molecule has 2 heterocycles. The molecule has 0 bridgehead atoms. The van der Waals surface area contributed by atoms with Gasteiger partial charge < -0.3 is 29.4 Å². The first-order chi connectivity index (χ1) is 23.1. The minimum Gasteiger partial charge on any atom is -0.493 e. The van der Waals surface area contributed by atoms with Gasteiger partial charge in [-0.15, -0.1) is 0 Å². The number of aliphatic carboxylic acids is 1. The number of benzene rings is 2. The van der Waals surface area contributed by atoms with Gasteiger partial charge in [0.05, 0.1) is 13.7 Å². The second kappa shape index (κ2) is 12.8. The number of rotatable bonds is 9. The first-order valence-electron chi connectivity index (χ1n) is 17.1. The number of hydrogen-bond acceptors (Lipinski definition) is 8. The van der Waals surface area contributed by atoms with Crippen LogP contribution in [0.4, 0.5) is 5.69 Å². The van der Waals surface area contributed by atoms with E-state index in [1.807, 2.05) is 48.7 Å². The van der Waals surface area contributed by atoms with Crippen LogP contribution in [0.3, 0.4) is 0 Å². The molecule has 2 aromatic carbocycles. The van der Waals surface area contributed by atoms with Crippen LogP contribution in [0.2, 0.25) is 5.02 Å². The molecule has 0 radical (unpaired) electrons. The van der Waals surface area contributed by atoms with Crippen molar-refractivity contribution in [2.75, 3.05) is 19.0 Å². The summed E-state index contributed by atoms with van der Waals surface area (Å²) in [6.07, 6.45) is 8.15. The van der Waals surface area contributed by atoms with Crippen molar-refractivity contribution in [3.05, 3.63) is 76.1 Å². The quantitative estimate of drug-likeness (QED) is 0.223. The third-order valence-electron chi connectivity index (χ3n) is 11.2. The molecule has 2 N–H and O–H groups in total. The maximum Gasteiger partial charge on any atom is 0.387 e. The predicted molar refractivity (Wildman–Crippen MR) is 181 cm³/mol. The number of fused-ring (bicyclic) bond motifs is 4. The number of methoxy groups -OCH3 is 1. The standard InChI is InChI=1S/C38H43ClN2O7/c1-22(21-46-30-10-15-40-29-9-4-6-23(2)33(29)30)16-25-17-24-18-31-32(48-35(47-31)34(42)43)20-28(24)37(25)11-13-38(14-12-37,36(44)45-3)41-27-8-5-7-26(39)19-27/h5,7-8,10,15,18-20,22-23,25,35,41H,4,6,9,11-14,16-17,21H2,1-3H3,(H,42,43)/t22-,23-,25+,35?,37?,38?/m1/s1. The van der Waals surface area contributed by atoms with E-state index in [-0.39, 0.29) is 23.2 Å².